The largest absolute Gasteiger partial charge is 0.451 e. The summed E-state index contributed by atoms with van der Waals surface area (Å²) in [5.41, 5.74) is -2.08. The topological polar surface area (TPSA) is 104 Å². The summed E-state index contributed by atoms with van der Waals surface area (Å²) in [5, 5.41) is 34.0. The molecule has 0 radical (unpaired) electrons. The zero-order valence-electron chi connectivity index (χ0n) is 20.0. The number of allylic oxidation sites excluding steroid dienone is 2. The molecular formula is C27H36O6. The monoisotopic (exact) mass is 456 g/mol. The molecule has 5 aliphatic carbocycles. The average molecular weight is 457 g/mol. The standard InChI is InChI=1S/C27H36O6/c1-14-12-26-15(2)10-19-20(25(19,3)4)18(22(26)30)11-17(13-28)21(29)27(26,32)23(14)33-24(31)16-8-6-5-7-9-16/h8,11-12,15,18-21,23,28-29,32H,5-7,9-10,13H2,1-4H3/t15-,18+,19-,20+,21-,23+,26-,27+/m1/s1. The average Bonchev–Trinajstić information content (AvgIpc) is 3.28. The van der Waals surface area contributed by atoms with E-state index in [0.29, 0.717) is 23.5 Å². The van der Waals surface area contributed by atoms with Crippen LogP contribution in [0.3, 0.4) is 0 Å². The van der Waals surface area contributed by atoms with Crippen LogP contribution in [0.2, 0.25) is 0 Å². The maximum Gasteiger partial charge on any atom is 0.334 e. The number of ether oxygens (including phenoxy) is 1. The first kappa shape index (κ1) is 23.0. The minimum absolute atomic E-state index is 0.0165. The molecule has 2 fully saturated rings. The first-order chi connectivity index (χ1) is 15.5. The van der Waals surface area contributed by atoms with Crippen LogP contribution in [-0.4, -0.2) is 51.5 Å². The van der Waals surface area contributed by atoms with Crippen molar-refractivity contribution in [3.8, 4) is 0 Å². The lowest BCUT2D eigenvalue weighted by Gasteiger charge is -2.48. The van der Waals surface area contributed by atoms with Gasteiger partial charge in [0.1, 0.15) is 6.10 Å². The van der Waals surface area contributed by atoms with Crippen LogP contribution in [-0.2, 0) is 14.3 Å². The van der Waals surface area contributed by atoms with E-state index < -0.39 is 41.7 Å². The molecule has 5 aliphatic rings. The van der Waals surface area contributed by atoms with E-state index in [2.05, 4.69) is 13.8 Å². The molecule has 2 bridgehead atoms. The van der Waals surface area contributed by atoms with Crippen molar-refractivity contribution >= 4 is 11.8 Å². The van der Waals surface area contributed by atoms with Crippen LogP contribution in [0.5, 0.6) is 0 Å². The molecular weight excluding hydrogens is 420 g/mol. The molecule has 0 aromatic carbocycles. The van der Waals surface area contributed by atoms with E-state index in [1.165, 1.54) is 0 Å². The van der Waals surface area contributed by atoms with Crippen LogP contribution in [0.1, 0.15) is 59.8 Å². The minimum Gasteiger partial charge on any atom is -0.451 e. The Balaban J connectivity index is 1.62. The highest BCUT2D eigenvalue weighted by Gasteiger charge is 2.76. The fourth-order valence-electron chi connectivity index (χ4n) is 7.80. The second-order valence-electron chi connectivity index (χ2n) is 11.6. The molecule has 5 rings (SSSR count). The Morgan fingerprint density at radius 3 is 2.64 bits per heavy atom. The summed E-state index contributed by atoms with van der Waals surface area (Å²) in [7, 11) is 0. The van der Waals surface area contributed by atoms with Crippen LogP contribution < -0.4 is 0 Å². The molecule has 8 atom stereocenters. The summed E-state index contributed by atoms with van der Waals surface area (Å²) in [4.78, 5) is 27.3. The van der Waals surface area contributed by atoms with Crippen LogP contribution in [0, 0.1) is 34.5 Å². The van der Waals surface area contributed by atoms with E-state index in [1.807, 2.05) is 13.0 Å². The van der Waals surface area contributed by atoms with Crippen molar-refractivity contribution in [1.29, 1.82) is 0 Å². The van der Waals surface area contributed by atoms with Crippen LogP contribution in [0.25, 0.3) is 0 Å². The number of rotatable bonds is 3. The Bertz CT molecular complexity index is 989. The van der Waals surface area contributed by atoms with Crippen LogP contribution in [0.4, 0.5) is 0 Å². The predicted octanol–water partition coefficient (Wildman–Crippen LogP) is 2.87. The zero-order chi connectivity index (χ0) is 23.9. The Kier molecular flexibility index (Phi) is 5.14. The number of hydrogen-bond donors (Lipinski definition) is 3. The Morgan fingerprint density at radius 2 is 2.00 bits per heavy atom. The molecule has 0 unspecified atom stereocenters. The molecule has 0 saturated heterocycles. The van der Waals surface area contributed by atoms with E-state index in [-0.39, 0.29) is 28.6 Å². The fourth-order valence-corrected chi connectivity index (χ4v) is 7.80. The maximum atomic E-state index is 14.3. The number of aliphatic hydroxyl groups is 3. The first-order valence-electron chi connectivity index (χ1n) is 12.4. The second-order valence-corrected chi connectivity index (χ2v) is 11.6. The van der Waals surface area contributed by atoms with Gasteiger partial charge in [-0.05, 0) is 73.3 Å². The molecule has 2 saturated carbocycles. The van der Waals surface area contributed by atoms with Gasteiger partial charge in [-0.15, -0.1) is 0 Å². The van der Waals surface area contributed by atoms with Gasteiger partial charge in [-0.2, -0.15) is 0 Å². The smallest absolute Gasteiger partial charge is 0.334 e. The summed E-state index contributed by atoms with van der Waals surface area (Å²) in [6, 6.07) is 0. The normalized spacial score (nSPS) is 45.5. The fraction of sp³-hybridized carbons (Fsp3) is 0.704. The molecule has 33 heavy (non-hydrogen) atoms. The number of esters is 1. The van der Waals surface area contributed by atoms with Gasteiger partial charge in [-0.3, -0.25) is 4.79 Å². The molecule has 6 nitrogen and oxygen atoms in total. The summed E-state index contributed by atoms with van der Waals surface area (Å²) in [6.45, 7) is 7.58. The minimum atomic E-state index is -2.07. The number of aliphatic hydroxyl groups excluding tert-OH is 2. The quantitative estimate of drug-likeness (QED) is 0.446. The zero-order valence-corrected chi connectivity index (χ0v) is 20.0. The second kappa shape index (κ2) is 7.37. The van der Waals surface area contributed by atoms with Crippen LogP contribution >= 0.6 is 0 Å². The number of Topliss-reactive ketones (excluding diaryl/α,β-unsaturated/α-hetero) is 1. The Hall–Kier alpha value is -1.76. The molecule has 6 heteroatoms. The van der Waals surface area contributed by atoms with Crippen molar-refractivity contribution in [1.82, 2.24) is 0 Å². The van der Waals surface area contributed by atoms with Gasteiger partial charge >= 0.3 is 5.97 Å². The van der Waals surface area contributed by atoms with Gasteiger partial charge in [0.05, 0.1) is 12.0 Å². The van der Waals surface area contributed by atoms with E-state index in [9.17, 15) is 24.9 Å². The van der Waals surface area contributed by atoms with E-state index >= 15 is 0 Å². The summed E-state index contributed by atoms with van der Waals surface area (Å²) < 4.78 is 5.91. The molecule has 0 amide bonds. The van der Waals surface area contributed by atoms with E-state index in [4.69, 9.17) is 4.74 Å². The maximum absolute atomic E-state index is 14.3. The van der Waals surface area contributed by atoms with Crippen molar-refractivity contribution in [2.75, 3.05) is 6.61 Å². The lowest BCUT2D eigenvalue weighted by atomic mass is 9.59. The molecule has 180 valence electrons. The SMILES string of the molecule is CC1=C[C@@]23C(=O)[C@@H](C=C(CO)[C@@H](O)[C@]2(O)[C@H]1OC(=O)C1=CCCCC1)[C@H]1[C@@H](C[C@H]3C)C1(C)C. The molecule has 0 aromatic rings. The van der Waals surface area contributed by atoms with Crippen molar-refractivity contribution in [2.45, 2.75) is 77.6 Å². The van der Waals surface area contributed by atoms with Gasteiger partial charge in [-0.25, -0.2) is 4.79 Å². The summed E-state index contributed by atoms with van der Waals surface area (Å²) >= 11 is 0. The van der Waals surface area contributed by atoms with Gasteiger partial charge < -0.3 is 20.1 Å². The Labute approximate surface area is 195 Å². The highest BCUT2D eigenvalue weighted by molar-refractivity contribution is 5.96. The molecule has 0 aliphatic heterocycles. The van der Waals surface area contributed by atoms with Gasteiger partial charge in [0.15, 0.2) is 17.5 Å². The number of fused-ring (bicyclic) bond motifs is 3. The summed E-state index contributed by atoms with van der Waals surface area (Å²) in [5.74, 6) is -0.973. The molecule has 3 N–H and O–H groups in total. The summed E-state index contributed by atoms with van der Waals surface area (Å²) in [6.07, 6.45) is 6.78. The highest BCUT2D eigenvalue weighted by atomic mass is 16.6. The highest BCUT2D eigenvalue weighted by Crippen LogP contribution is 2.71. The van der Waals surface area contributed by atoms with Gasteiger partial charge in [0.25, 0.3) is 0 Å². The number of carbonyl (C=O) groups is 2. The lowest BCUT2D eigenvalue weighted by molar-refractivity contribution is -0.201. The Morgan fingerprint density at radius 1 is 1.27 bits per heavy atom. The number of hydrogen-bond acceptors (Lipinski definition) is 6. The van der Waals surface area contributed by atoms with Gasteiger partial charge in [0.2, 0.25) is 0 Å². The number of carbonyl (C=O) groups excluding carboxylic acids is 2. The van der Waals surface area contributed by atoms with Gasteiger partial charge in [-0.1, -0.05) is 39.0 Å². The van der Waals surface area contributed by atoms with Crippen molar-refractivity contribution in [3.63, 3.8) is 0 Å². The van der Waals surface area contributed by atoms with E-state index in [0.717, 1.165) is 25.7 Å². The number of ketones is 1. The van der Waals surface area contributed by atoms with Crippen molar-refractivity contribution < 1.29 is 29.6 Å². The third-order valence-corrected chi connectivity index (χ3v) is 9.67. The van der Waals surface area contributed by atoms with Crippen molar-refractivity contribution in [3.05, 3.63) is 34.9 Å². The van der Waals surface area contributed by atoms with E-state index in [1.54, 1.807) is 19.1 Å². The molecule has 0 heterocycles. The van der Waals surface area contributed by atoms with Gasteiger partial charge in [0, 0.05) is 11.5 Å². The molecule has 0 aromatic heterocycles. The third-order valence-electron chi connectivity index (χ3n) is 9.67. The lowest BCUT2D eigenvalue weighted by Crippen LogP contribution is -2.65. The van der Waals surface area contributed by atoms with Crippen molar-refractivity contribution in [2.24, 2.45) is 34.5 Å². The third kappa shape index (κ3) is 2.83. The first-order valence-corrected chi connectivity index (χ1v) is 12.4. The predicted molar refractivity (Wildman–Crippen MR) is 122 cm³/mol. The van der Waals surface area contributed by atoms with Crippen LogP contribution in [0.15, 0.2) is 34.9 Å². The molecule has 1 spiro atoms.